The van der Waals surface area contributed by atoms with Crippen LogP contribution in [0.4, 0.5) is 0 Å². The molecule has 0 N–H and O–H groups in total. The maximum absolute atomic E-state index is 10.3. The Morgan fingerprint density at radius 2 is 1.85 bits per heavy atom. The van der Waals surface area contributed by atoms with E-state index in [2.05, 4.69) is 26.0 Å². The zero-order valence-electron chi connectivity index (χ0n) is 8.29. The Morgan fingerprint density at radius 3 is 2.38 bits per heavy atom. The molecule has 1 rings (SSSR count). The van der Waals surface area contributed by atoms with Crippen molar-refractivity contribution in [2.24, 2.45) is 0 Å². The highest BCUT2D eigenvalue weighted by atomic mass is 16.1. The van der Waals surface area contributed by atoms with Crippen LogP contribution in [0.25, 0.3) is 0 Å². The summed E-state index contributed by atoms with van der Waals surface area (Å²) < 4.78 is 0. The first-order valence-corrected chi connectivity index (χ1v) is 4.66. The molecule has 0 aliphatic heterocycles. The van der Waals surface area contributed by atoms with E-state index in [1.54, 1.807) is 0 Å². The molecule has 1 nitrogen and oxygen atoms in total. The fourth-order valence-corrected chi connectivity index (χ4v) is 1.45. The van der Waals surface area contributed by atoms with Gasteiger partial charge in [0.2, 0.25) is 0 Å². The number of hydrogen-bond acceptors (Lipinski definition) is 1. The summed E-state index contributed by atoms with van der Waals surface area (Å²) in [4.78, 5) is 10.3. The first kappa shape index (κ1) is 9.97. The van der Waals surface area contributed by atoms with Crippen molar-refractivity contribution in [3.8, 4) is 0 Å². The van der Waals surface area contributed by atoms with Gasteiger partial charge in [0.25, 0.3) is 0 Å². The van der Waals surface area contributed by atoms with Crippen molar-refractivity contribution in [2.45, 2.75) is 32.1 Å². The number of rotatable bonds is 4. The van der Waals surface area contributed by atoms with Crippen LogP contribution in [0.15, 0.2) is 30.3 Å². The van der Waals surface area contributed by atoms with Gasteiger partial charge in [-0.25, -0.2) is 0 Å². The quantitative estimate of drug-likeness (QED) is 0.645. The fourth-order valence-electron chi connectivity index (χ4n) is 1.45. The molecule has 1 aromatic carbocycles. The predicted molar refractivity (Wildman–Crippen MR) is 54.8 cm³/mol. The molecule has 0 bridgehead atoms. The van der Waals surface area contributed by atoms with E-state index >= 15 is 0 Å². The summed E-state index contributed by atoms with van der Waals surface area (Å²) in [5.41, 5.74) is 1.42. The second-order valence-electron chi connectivity index (χ2n) is 3.96. The summed E-state index contributed by atoms with van der Waals surface area (Å²) in [5.74, 6) is 0. The first-order valence-electron chi connectivity index (χ1n) is 4.66. The third-order valence-corrected chi connectivity index (χ3v) is 2.44. The molecule has 0 spiro atoms. The van der Waals surface area contributed by atoms with Crippen molar-refractivity contribution in [1.82, 2.24) is 0 Å². The van der Waals surface area contributed by atoms with E-state index in [0.717, 1.165) is 12.7 Å². The molecule has 13 heavy (non-hydrogen) atoms. The van der Waals surface area contributed by atoms with Gasteiger partial charge in [-0.05, 0) is 17.4 Å². The van der Waals surface area contributed by atoms with Crippen LogP contribution in [-0.2, 0) is 10.2 Å². The van der Waals surface area contributed by atoms with Gasteiger partial charge in [-0.3, -0.25) is 0 Å². The molecule has 70 valence electrons. The standard InChI is InChI=1S/C12H16O/c1-12(2,9-6-10-13)11-7-4-3-5-8-11/h3-5,7-8,10H,6,9H2,1-2H3. The van der Waals surface area contributed by atoms with Crippen LogP contribution in [-0.4, -0.2) is 6.29 Å². The van der Waals surface area contributed by atoms with Gasteiger partial charge in [0.15, 0.2) is 0 Å². The van der Waals surface area contributed by atoms with Crippen LogP contribution < -0.4 is 0 Å². The number of benzene rings is 1. The van der Waals surface area contributed by atoms with E-state index < -0.39 is 0 Å². The Kier molecular flexibility index (Phi) is 3.24. The van der Waals surface area contributed by atoms with E-state index in [0.29, 0.717) is 6.42 Å². The van der Waals surface area contributed by atoms with Crippen LogP contribution in [0.1, 0.15) is 32.3 Å². The second-order valence-corrected chi connectivity index (χ2v) is 3.96. The van der Waals surface area contributed by atoms with Gasteiger partial charge in [-0.15, -0.1) is 0 Å². The molecule has 1 heteroatoms. The van der Waals surface area contributed by atoms with Gasteiger partial charge in [-0.1, -0.05) is 44.2 Å². The summed E-state index contributed by atoms with van der Waals surface area (Å²) in [6.45, 7) is 4.34. The third-order valence-electron chi connectivity index (χ3n) is 2.44. The van der Waals surface area contributed by atoms with Crippen molar-refractivity contribution in [3.63, 3.8) is 0 Å². The molecule has 0 aliphatic carbocycles. The molecule has 0 amide bonds. The molecular formula is C12H16O. The van der Waals surface area contributed by atoms with E-state index in [-0.39, 0.29) is 5.41 Å². The normalized spacial score (nSPS) is 11.2. The van der Waals surface area contributed by atoms with E-state index in [1.165, 1.54) is 5.56 Å². The minimum absolute atomic E-state index is 0.113. The number of carbonyl (C=O) groups excluding carboxylic acids is 1. The highest BCUT2D eigenvalue weighted by Crippen LogP contribution is 2.27. The van der Waals surface area contributed by atoms with Crippen LogP contribution in [0.3, 0.4) is 0 Å². The maximum Gasteiger partial charge on any atom is 0.120 e. The van der Waals surface area contributed by atoms with Crippen LogP contribution in [0, 0.1) is 0 Å². The van der Waals surface area contributed by atoms with Crippen molar-refractivity contribution < 1.29 is 4.79 Å². The monoisotopic (exact) mass is 176 g/mol. The minimum Gasteiger partial charge on any atom is -0.303 e. The zero-order valence-corrected chi connectivity index (χ0v) is 8.29. The minimum atomic E-state index is 0.113. The summed E-state index contributed by atoms with van der Waals surface area (Å²) in [6, 6.07) is 10.3. The largest absolute Gasteiger partial charge is 0.303 e. The Bertz CT molecular complexity index is 262. The molecule has 0 aliphatic rings. The summed E-state index contributed by atoms with van der Waals surface area (Å²) in [7, 11) is 0. The van der Waals surface area contributed by atoms with Crippen molar-refractivity contribution in [3.05, 3.63) is 35.9 Å². The lowest BCUT2D eigenvalue weighted by molar-refractivity contribution is -0.108. The van der Waals surface area contributed by atoms with E-state index in [9.17, 15) is 4.79 Å². The molecule has 0 saturated heterocycles. The molecule has 0 saturated carbocycles. The average Bonchev–Trinajstić information content (AvgIpc) is 2.16. The molecule has 0 radical (unpaired) electrons. The lowest BCUT2D eigenvalue weighted by Crippen LogP contribution is -2.16. The number of carbonyl (C=O) groups is 1. The molecule has 1 aromatic rings. The van der Waals surface area contributed by atoms with Crippen LogP contribution >= 0.6 is 0 Å². The summed E-state index contributed by atoms with van der Waals surface area (Å²) in [5, 5.41) is 0. The van der Waals surface area contributed by atoms with E-state index in [1.807, 2.05) is 18.2 Å². The van der Waals surface area contributed by atoms with E-state index in [4.69, 9.17) is 0 Å². The van der Waals surface area contributed by atoms with Crippen LogP contribution in [0.5, 0.6) is 0 Å². The topological polar surface area (TPSA) is 17.1 Å². The molecule has 0 fully saturated rings. The Morgan fingerprint density at radius 1 is 1.23 bits per heavy atom. The van der Waals surface area contributed by atoms with Gasteiger partial charge < -0.3 is 4.79 Å². The molecule has 0 heterocycles. The molecular weight excluding hydrogens is 160 g/mol. The fraction of sp³-hybridized carbons (Fsp3) is 0.417. The summed E-state index contributed by atoms with van der Waals surface area (Å²) in [6.07, 6.45) is 2.55. The Hall–Kier alpha value is -1.11. The highest BCUT2D eigenvalue weighted by Gasteiger charge is 2.18. The lowest BCUT2D eigenvalue weighted by atomic mass is 9.81. The van der Waals surface area contributed by atoms with Crippen LogP contribution in [0.2, 0.25) is 0 Å². The van der Waals surface area contributed by atoms with Crippen molar-refractivity contribution in [1.29, 1.82) is 0 Å². The lowest BCUT2D eigenvalue weighted by Gasteiger charge is -2.24. The molecule has 0 atom stereocenters. The van der Waals surface area contributed by atoms with Gasteiger partial charge >= 0.3 is 0 Å². The summed E-state index contributed by atoms with van der Waals surface area (Å²) >= 11 is 0. The Labute approximate surface area is 79.8 Å². The number of aldehydes is 1. The average molecular weight is 176 g/mol. The van der Waals surface area contributed by atoms with Crippen molar-refractivity contribution >= 4 is 6.29 Å². The smallest absolute Gasteiger partial charge is 0.120 e. The molecule has 0 unspecified atom stereocenters. The third kappa shape index (κ3) is 2.69. The van der Waals surface area contributed by atoms with Gasteiger partial charge in [0, 0.05) is 6.42 Å². The zero-order chi connectivity index (χ0) is 9.73. The Balaban J connectivity index is 2.74. The highest BCUT2D eigenvalue weighted by molar-refractivity contribution is 5.49. The van der Waals surface area contributed by atoms with Gasteiger partial charge in [0.1, 0.15) is 6.29 Å². The molecule has 0 aromatic heterocycles. The van der Waals surface area contributed by atoms with Gasteiger partial charge in [-0.2, -0.15) is 0 Å². The maximum atomic E-state index is 10.3. The predicted octanol–water partition coefficient (Wildman–Crippen LogP) is 2.94. The first-order chi connectivity index (χ1) is 6.17. The van der Waals surface area contributed by atoms with Crippen molar-refractivity contribution in [2.75, 3.05) is 0 Å². The van der Waals surface area contributed by atoms with Gasteiger partial charge in [0.05, 0.1) is 0 Å². The SMILES string of the molecule is CC(C)(CCC=O)c1ccccc1. The number of hydrogen-bond donors (Lipinski definition) is 0. The second kappa shape index (κ2) is 4.22.